The molecule has 0 aliphatic carbocycles. The van der Waals surface area contributed by atoms with Gasteiger partial charge >= 0.3 is 0 Å². The minimum atomic E-state index is -0.0960. The number of thiophene rings is 1. The summed E-state index contributed by atoms with van der Waals surface area (Å²) in [6, 6.07) is 11.2. The third-order valence-corrected chi connectivity index (χ3v) is 6.05. The standard InChI is InChI=1S/C21H23N5O3S/c1-29-16-6-4-14(5-7-16)19-23-18(24-25-19)13-22-20(27)15-8-10-26(11-9-15)21(28)17-3-2-12-30-17/h2-7,12,15H,8-11,13H2,1H3,(H,22,27)(H,23,24,25). The maximum absolute atomic E-state index is 12.5. The Kier molecular flexibility index (Phi) is 6.08. The van der Waals surface area contributed by atoms with E-state index in [4.69, 9.17) is 4.74 Å². The van der Waals surface area contributed by atoms with Crippen molar-refractivity contribution in [2.24, 2.45) is 5.92 Å². The van der Waals surface area contributed by atoms with Crippen molar-refractivity contribution in [1.82, 2.24) is 25.4 Å². The van der Waals surface area contributed by atoms with Crippen LogP contribution in [0, 0.1) is 5.92 Å². The fraction of sp³-hybridized carbons (Fsp3) is 0.333. The van der Waals surface area contributed by atoms with E-state index < -0.39 is 0 Å². The van der Waals surface area contributed by atoms with Gasteiger partial charge in [0.05, 0.1) is 18.5 Å². The van der Waals surface area contributed by atoms with Crippen molar-refractivity contribution < 1.29 is 14.3 Å². The highest BCUT2D eigenvalue weighted by molar-refractivity contribution is 7.12. The highest BCUT2D eigenvalue weighted by Crippen LogP contribution is 2.21. The zero-order valence-corrected chi connectivity index (χ0v) is 17.4. The lowest BCUT2D eigenvalue weighted by atomic mass is 9.96. The number of aromatic nitrogens is 3. The summed E-state index contributed by atoms with van der Waals surface area (Å²) in [7, 11) is 1.62. The van der Waals surface area contributed by atoms with Gasteiger partial charge in [-0.3, -0.25) is 14.7 Å². The first-order chi connectivity index (χ1) is 14.6. The van der Waals surface area contributed by atoms with E-state index in [1.807, 2.05) is 46.7 Å². The molecule has 0 unspecified atom stereocenters. The van der Waals surface area contributed by atoms with Crippen molar-refractivity contribution in [3.05, 3.63) is 52.5 Å². The van der Waals surface area contributed by atoms with E-state index in [-0.39, 0.29) is 24.3 Å². The molecule has 0 spiro atoms. The highest BCUT2D eigenvalue weighted by atomic mass is 32.1. The van der Waals surface area contributed by atoms with Gasteiger partial charge in [-0.1, -0.05) is 6.07 Å². The van der Waals surface area contributed by atoms with Crippen LogP contribution >= 0.6 is 11.3 Å². The summed E-state index contributed by atoms with van der Waals surface area (Å²) in [6.45, 7) is 1.48. The van der Waals surface area contributed by atoms with Gasteiger partial charge in [0.2, 0.25) is 5.91 Å². The summed E-state index contributed by atoms with van der Waals surface area (Å²) in [5, 5.41) is 11.9. The molecule has 8 nitrogen and oxygen atoms in total. The number of nitrogens with one attached hydrogen (secondary N) is 2. The molecule has 1 saturated heterocycles. The lowest BCUT2D eigenvalue weighted by Crippen LogP contribution is -2.42. The SMILES string of the molecule is COc1ccc(-c2n[nH]c(CNC(=O)C3CCN(C(=O)c4cccs4)CC3)n2)cc1. The second-order valence-electron chi connectivity index (χ2n) is 7.10. The molecule has 1 aliphatic rings. The Balaban J connectivity index is 1.26. The molecule has 1 fully saturated rings. The number of hydrogen-bond donors (Lipinski definition) is 2. The molecule has 2 N–H and O–H groups in total. The van der Waals surface area contributed by atoms with Gasteiger partial charge in [0.1, 0.15) is 11.6 Å². The van der Waals surface area contributed by atoms with Crippen molar-refractivity contribution in [2.75, 3.05) is 20.2 Å². The highest BCUT2D eigenvalue weighted by Gasteiger charge is 2.28. The predicted molar refractivity (Wildman–Crippen MR) is 113 cm³/mol. The second-order valence-corrected chi connectivity index (χ2v) is 8.04. The molecule has 0 saturated carbocycles. The van der Waals surface area contributed by atoms with Crippen molar-refractivity contribution in [1.29, 1.82) is 0 Å². The number of piperidine rings is 1. The summed E-state index contributed by atoms with van der Waals surface area (Å²) in [5.41, 5.74) is 0.868. The van der Waals surface area contributed by atoms with Crippen molar-refractivity contribution in [2.45, 2.75) is 19.4 Å². The van der Waals surface area contributed by atoms with E-state index in [1.54, 1.807) is 7.11 Å². The molecule has 0 radical (unpaired) electrons. The van der Waals surface area contributed by atoms with Crippen molar-refractivity contribution >= 4 is 23.2 Å². The van der Waals surface area contributed by atoms with E-state index in [1.165, 1.54) is 11.3 Å². The molecule has 9 heteroatoms. The molecule has 30 heavy (non-hydrogen) atoms. The summed E-state index contributed by atoms with van der Waals surface area (Å²) in [6.07, 6.45) is 1.33. The second kappa shape index (κ2) is 9.08. The van der Waals surface area contributed by atoms with Gasteiger partial charge in [0.25, 0.3) is 5.91 Å². The molecule has 2 amide bonds. The van der Waals surface area contributed by atoms with Gasteiger partial charge in [-0.15, -0.1) is 11.3 Å². The van der Waals surface area contributed by atoms with E-state index in [0.717, 1.165) is 16.2 Å². The predicted octanol–water partition coefficient (Wildman–Crippen LogP) is 2.71. The number of aromatic amines is 1. The maximum atomic E-state index is 12.5. The minimum absolute atomic E-state index is 0.0133. The Morgan fingerprint density at radius 3 is 2.67 bits per heavy atom. The van der Waals surface area contributed by atoms with E-state index in [2.05, 4.69) is 20.5 Å². The molecule has 0 atom stereocenters. The molecule has 4 rings (SSSR count). The minimum Gasteiger partial charge on any atom is -0.497 e. The quantitative estimate of drug-likeness (QED) is 0.633. The molecule has 156 valence electrons. The lowest BCUT2D eigenvalue weighted by Gasteiger charge is -2.31. The average Bonchev–Trinajstić information content (AvgIpc) is 3.50. The average molecular weight is 426 g/mol. The van der Waals surface area contributed by atoms with Crippen LogP contribution in [0.3, 0.4) is 0 Å². The first kappa shape index (κ1) is 20.1. The number of benzene rings is 1. The van der Waals surface area contributed by atoms with E-state index in [9.17, 15) is 9.59 Å². The topological polar surface area (TPSA) is 100 Å². The number of carbonyl (C=O) groups excluding carboxylic acids is 2. The fourth-order valence-electron chi connectivity index (χ4n) is 3.46. The van der Waals surface area contributed by atoms with Gasteiger partial charge in [0, 0.05) is 24.6 Å². The van der Waals surface area contributed by atoms with E-state index >= 15 is 0 Å². The summed E-state index contributed by atoms with van der Waals surface area (Å²) in [5.74, 6) is 1.88. The summed E-state index contributed by atoms with van der Waals surface area (Å²) in [4.78, 5) is 32.0. The molecule has 2 aromatic heterocycles. The third-order valence-electron chi connectivity index (χ3n) is 5.19. The Morgan fingerprint density at radius 1 is 1.23 bits per heavy atom. The number of H-pyrrole nitrogens is 1. The molecule has 1 aromatic carbocycles. The first-order valence-electron chi connectivity index (χ1n) is 9.80. The largest absolute Gasteiger partial charge is 0.497 e. The van der Waals surface area contributed by atoms with Crippen molar-refractivity contribution in [3.63, 3.8) is 0 Å². The van der Waals surface area contributed by atoms with Crippen molar-refractivity contribution in [3.8, 4) is 17.1 Å². The normalized spacial score (nSPS) is 14.5. The number of amides is 2. The lowest BCUT2D eigenvalue weighted by molar-refractivity contribution is -0.126. The Bertz CT molecular complexity index is 992. The van der Waals surface area contributed by atoms with Crippen LogP contribution in [-0.4, -0.2) is 52.1 Å². The monoisotopic (exact) mass is 425 g/mol. The van der Waals surface area contributed by atoms with Gasteiger partial charge in [-0.25, -0.2) is 4.98 Å². The zero-order chi connectivity index (χ0) is 20.9. The van der Waals surface area contributed by atoms with Gasteiger partial charge in [-0.05, 0) is 48.6 Å². The van der Waals surface area contributed by atoms with Crippen LogP contribution in [0.15, 0.2) is 41.8 Å². The van der Waals surface area contributed by atoms with Crippen LogP contribution in [-0.2, 0) is 11.3 Å². The van der Waals surface area contributed by atoms with Gasteiger partial charge < -0.3 is 15.0 Å². The number of methoxy groups -OCH3 is 1. The molecule has 3 heterocycles. The fourth-order valence-corrected chi connectivity index (χ4v) is 4.15. The van der Waals surface area contributed by atoms with Crippen LogP contribution in [0.25, 0.3) is 11.4 Å². The van der Waals surface area contributed by atoms with Crippen LogP contribution < -0.4 is 10.1 Å². The number of nitrogens with zero attached hydrogens (tertiary/aromatic N) is 3. The Morgan fingerprint density at radius 2 is 2.00 bits per heavy atom. The zero-order valence-electron chi connectivity index (χ0n) is 16.6. The van der Waals surface area contributed by atoms with Crippen LogP contribution in [0.2, 0.25) is 0 Å². The van der Waals surface area contributed by atoms with Crippen LogP contribution in [0.1, 0.15) is 28.3 Å². The Labute approximate surface area is 178 Å². The molecule has 1 aliphatic heterocycles. The first-order valence-corrected chi connectivity index (χ1v) is 10.7. The number of rotatable bonds is 6. The smallest absolute Gasteiger partial charge is 0.263 e. The maximum Gasteiger partial charge on any atom is 0.263 e. The number of carbonyl (C=O) groups is 2. The molecule has 3 aromatic rings. The summed E-state index contributed by atoms with van der Waals surface area (Å²) >= 11 is 1.45. The van der Waals surface area contributed by atoms with Crippen LogP contribution in [0.5, 0.6) is 5.75 Å². The molecule has 0 bridgehead atoms. The molecular formula is C21H23N5O3S. The van der Waals surface area contributed by atoms with Gasteiger partial charge in [-0.2, -0.15) is 5.10 Å². The number of hydrogen-bond acceptors (Lipinski definition) is 6. The number of likely N-dealkylation sites (tertiary alicyclic amines) is 1. The van der Waals surface area contributed by atoms with Gasteiger partial charge in [0.15, 0.2) is 5.82 Å². The number of ether oxygens (including phenoxy) is 1. The van der Waals surface area contributed by atoms with E-state index in [0.29, 0.717) is 37.6 Å². The van der Waals surface area contributed by atoms with Crippen LogP contribution in [0.4, 0.5) is 0 Å². The summed E-state index contributed by atoms with van der Waals surface area (Å²) < 4.78 is 5.15. The third kappa shape index (κ3) is 4.51. The Hall–Kier alpha value is -3.20. The molecular weight excluding hydrogens is 402 g/mol.